The van der Waals surface area contributed by atoms with Crippen molar-refractivity contribution in [3.63, 3.8) is 0 Å². The molecule has 1 fully saturated rings. The minimum atomic E-state index is -0.541. The quantitative estimate of drug-likeness (QED) is 0.533. The average molecular weight is 244 g/mol. The minimum absolute atomic E-state index is 0.358. The Bertz CT molecular complexity index is 300. The van der Waals surface area contributed by atoms with E-state index in [1.54, 1.807) is 0 Å². The highest BCUT2D eigenvalue weighted by Crippen LogP contribution is 2.28. The van der Waals surface area contributed by atoms with E-state index in [0.717, 1.165) is 0 Å². The highest BCUT2D eigenvalue weighted by molar-refractivity contribution is 5.68. The van der Waals surface area contributed by atoms with Crippen LogP contribution in [0.2, 0.25) is 0 Å². The smallest absolute Gasteiger partial charge is 0.303 e. The van der Waals surface area contributed by atoms with Crippen molar-refractivity contribution < 1.29 is 28.6 Å². The molecule has 1 unspecified atom stereocenters. The van der Waals surface area contributed by atoms with Gasteiger partial charge >= 0.3 is 17.9 Å². The molecule has 0 aromatic heterocycles. The maximum atomic E-state index is 10.9. The van der Waals surface area contributed by atoms with Crippen molar-refractivity contribution in [1.29, 1.82) is 0 Å². The molecule has 0 spiro atoms. The van der Waals surface area contributed by atoms with Crippen LogP contribution in [0, 0.1) is 0 Å². The Hall–Kier alpha value is -1.59. The Morgan fingerprint density at radius 3 is 1.41 bits per heavy atom. The second kappa shape index (κ2) is 5.65. The van der Waals surface area contributed by atoms with Crippen LogP contribution >= 0.6 is 0 Å². The third-order valence-electron chi connectivity index (χ3n) is 2.37. The van der Waals surface area contributed by atoms with Crippen molar-refractivity contribution in [1.82, 2.24) is 0 Å². The van der Waals surface area contributed by atoms with E-state index in [1.165, 1.54) is 20.8 Å². The molecule has 6 nitrogen and oxygen atoms in total. The fourth-order valence-electron chi connectivity index (χ4n) is 1.92. The molecule has 0 N–H and O–H groups in total. The number of carbonyl (C=O) groups excluding carboxylic acids is 3. The van der Waals surface area contributed by atoms with Gasteiger partial charge in [-0.3, -0.25) is 14.4 Å². The van der Waals surface area contributed by atoms with Crippen molar-refractivity contribution in [3.8, 4) is 0 Å². The summed E-state index contributed by atoms with van der Waals surface area (Å²) < 4.78 is 15.1. The molecule has 3 atom stereocenters. The van der Waals surface area contributed by atoms with Crippen molar-refractivity contribution in [2.45, 2.75) is 51.9 Å². The van der Waals surface area contributed by atoms with E-state index in [0.29, 0.717) is 12.8 Å². The molecule has 6 heteroatoms. The van der Waals surface area contributed by atoms with Gasteiger partial charge in [-0.15, -0.1) is 0 Å². The van der Waals surface area contributed by atoms with Crippen LogP contribution in [0.25, 0.3) is 0 Å². The Morgan fingerprint density at radius 1 is 0.765 bits per heavy atom. The molecular weight excluding hydrogens is 228 g/mol. The van der Waals surface area contributed by atoms with E-state index in [1.807, 2.05) is 0 Å². The van der Waals surface area contributed by atoms with Crippen LogP contribution in [-0.2, 0) is 28.6 Å². The van der Waals surface area contributed by atoms with Gasteiger partial charge in [-0.25, -0.2) is 0 Å². The first kappa shape index (κ1) is 13.5. The molecule has 0 heterocycles. The summed E-state index contributed by atoms with van der Waals surface area (Å²) in [6, 6.07) is 0. The van der Waals surface area contributed by atoms with Crippen LogP contribution in [0.4, 0.5) is 0 Å². The standard InChI is InChI=1S/C11H16O6/c1-6(12)15-9-4-10(16-7(2)13)11(5-9)17-8(3)14/h9-11H,4-5H2,1-3H3/t9-,10-,11?/m0/s1. The van der Waals surface area contributed by atoms with Gasteiger partial charge in [0.15, 0.2) is 0 Å². The van der Waals surface area contributed by atoms with Gasteiger partial charge in [-0.05, 0) is 0 Å². The predicted octanol–water partition coefficient (Wildman–Crippen LogP) is 0.575. The fourth-order valence-corrected chi connectivity index (χ4v) is 1.92. The van der Waals surface area contributed by atoms with Gasteiger partial charge in [0, 0.05) is 33.6 Å². The normalized spacial score (nSPS) is 27.4. The lowest BCUT2D eigenvalue weighted by molar-refractivity contribution is -0.162. The lowest BCUT2D eigenvalue weighted by atomic mass is 10.2. The molecule has 0 radical (unpaired) electrons. The third-order valence-corrected chi connectivity index (χ3v) is 2.37. The second-order valence-corrected chi connectivity index (χ2v) is 4.00. The van der Waals surface area contributed by atoms with E-state index < -0.39 is 30.1 Å². The van der Waals surface area contributed by atoms with E-state index in [9.17, 15) is 14.4 Å². The molecular formula is C11H16O6. The monoisotopic (exact) mass is 244 g/mol. The predicted molar refractivity (Wildman–Crippen MR) is 55.9 cm³/mol. The summed E-state index contributed by atoms with van der Waals surface area (Å²) in [5, 5.41) is 0. The topological polar surface area (TPSA) is 78.9 Å². The molecule has 0 aromatic carbocycles. The van der Waals surface area contributed by atoms with Crippen LogP contribution in [0.5, 0.6) is 0 Å². The molecule has 0 bridgehead atoms. The van der Waals surface area contributed by atoms with Crippen LogP contribution in [0.1, 0.15) is 33.6 Å². The Kier molecular flexibility index (Phi) is 4.48. The summed E-state index contributed by atoms with van der Waals surface area (Å²) in [5.74, 6) is -1.30. The Morgan fingerprint density at radius 2 is 1.12 bits per heavy atom. The lowest BCUT2D eigenvalue weighted by Gasteiger charge is -2.18. The number of hydrogen-bond acceptors (Lipinski definition) is 6. The minimum Gasteiger partial charge on any atom is -0.462 e. The SMILES string of the molecule is CC(=O)OC1C[C@@H](OC(C)=O)C[C@@H]1OC(C)=O. The number of hydrogen-bond donors (Lipinski definition) is 0. The van der Waals surface area contributed by atoms with E-state index in [2.05, 4.69) is 0 Å². The molecule has 1 rings (SSSR count). The molecule has 17 heavy (non-hydrogen) atoms. The summed E-state index contributed by atoms with van der Waals surface area (Å²) in [6.07, 6.45) is -0.739. The zero-order valence-corrected chi connectivity index (χ0v) is 10.1. The zero-order chi connectivity index (χ0) is 13.0. The number of ether oxygens (including phenoxy) is 3. The Labute approximate surface area is 99.2 Å². The maximum Gasteiger partial charge on any atom is 0.303 e. The van der Waals surface area contributed by atoms with Crippen molar-refractivity contribution >= 4 is 17.9 Å². The van der Waals surface area contributed by atoms with E-state index in [4.69, 9.17) is 14.2 Å². The maximum absolute atomic E-state index is 10.9. The summed E-state index contributed by atoms with van der Waals surface area (Å²) in [7, 11) is 0. The number of carbonyl (C=O) groups is 3. The molecule has 1 saturated carbocycles. The molecule has 0 amide bonds. The second-order valence-electron chi connectivity index (χ2n) is 4.00. The van der Waals surface area contributed by atoms with Gasteiger partial charge in [-0.1, -0.05) is 0 Å². The van der Waals surface area contributed by atoms with Gasteiger partial charge in [0.1, 0.15) is 18.3 Å². The van der Waals surface area contributed by atoms with Crippen LogP contribution in [0.3, 0.4) is 0 Å². The van der Waals surface area contributed by atoms with Crippen LogP contribution in [0.15, 0.2) is 0 Å². The van der Waals surface area contributed by atoms with Gasteiger partial charge in [0.2, 0.25) is 0 Å². The third kappa shape index (κ3) is 4.42. The first-order valence-electron chi connectivity index (χ1n) is 5.40. The first-order chi connectivity index (χ1) is 7.88. The largest absolute Gasteiger partial charge is 0.462 e. The van der Waals surface area contributed by atoms with Crippen molar-refractivity contribution in [2.24, 2.45) is 0 Å². The highest BCUT2D eigenvalue weighted by Gasteiger charge is 2.40. The summed E-state index contributed by atoms with van der Waals surface area (Å²) in [5.41, 5.74) is 0. The first-order valence-corrected chi connectivity index (χ1v) is 5.40. The van der Waals surface area contributed by atoms with E-state index in [-0.39, 0.29) is 6.10 Å². The van der Waals surface area contributed by atoms with Crippen LogP contribution in [-0.4, -0.2) is 36.2 Å². The van der Waals surface area contributed by atoms with Crippen molar-refractivity contribution in [2.75, 3.05) is 0 Å². The summed E-state index contributed by atoms with van der Waals surface area (Å²) in [4.78, 5) is 32.6. The highest BCUT2D eigenvalue weighted by atomic mass is 16.6. The molecule has 1 aliphatic carbocycles. The van der Waals surface area contributed by atoms with Gasteiger partial charge < -0.3 is 14.2 Å². The zero-order valence-electron chi connectivity index (χ0n) is 10.1. The molecule has 0 aliphatic heterocycles. The number of esters is 3. The molecule has 96 valence electrons. The van der Waals surface area contributed by atoms with Gasteiger partial charge in [-0.2, -0.15) is 0 Å². The number of rotatable bonds is 3. The summed E-state index contributed by atoms with van der Waals surface area (Å²) >= 11 is 0. The average Bonchev–Trinajstić information content (AvgIpc) is 2.44. The summed E-state index contributed by atoms with van der Waals surface area (Å²) in [6.45, 7) is 3.87. The molecule has 0 saturated heterocycles. The fraction of sp³-hybridized carbons (Fsp3) is 0.727. The van der Waals surface area contributed by atoms with Crippen LogP contribution < -0.4 is 0 Å². The van der Waals surface area contributed by atoms with E-state index >= 15 is 0 Å². The Balaban J connectivity index is 2.61. The van der Waals surface area contributed by atoms with Crippen molar-refractivity contribution in [3.05, 3.63) is 0 Å². The molecule has 1 aliphatic rings. The van der Waals surface area contributed by atoms with Gasteiger partial charge in [0.25, 0.3) is 0 Å². The lowest BCUT2D eigenvalue weighted by Crippen LogP contribution is -2.29. The molecule has 0 aromatic rings. The van der Waals surface area contributed by atoms with Gasteiger partial charge in [0.05, 0.1) is 0 Å².